The lowest BCUT2D eigenvalue weighted by atomic mass is 10.0. The summed E-state index contributed by atoms with van der Waals surface area (Å²) in [5.74, 6) is -5.33. The lowest BCUT2D eigenvalue weighted by Gasteiger charge is -2.25. The van der Waals surface area contributed by atoms with E-state index in [9.17, 15) is 29.1 Å². The third kappa shape index (κ3) is 12.2. The van der Waals surface area contributed by atoms with Crippen molar-refractivity contribution in [2.75, 3.05) is 12.3 Å². The number of hydrogen-bond donors (Lipinski definition) is 9. The van der Waals surface area contributed by atoms with Gasteiger partial charge in [0.25, 0.3) is 0 Å². The first-order valence-electron chi connectivity index (χ1n) is 10.6. The molecule has 3 amide bonds. The number of carbonyl (C=O) groups is 5. The Bertz CT molecular complexity index is 759. The summed E-state index contributed by atoms with van der Waals surface area (Å²) < 4.78 is 0. The molecule has 4 unspecified atom stereocenters. The van der Waals surface area contributed by atoms with Crippen LogP contribution in [0.4, 0.5) is 0 Å². The second-order valence-corrected chi connectivity index (χ2v) is 8.22. The Kier molecular flexibility index (Phi) is 14.3. The van der Waals surface area contributed by atoms with Gasteiger partial charge in [0.1, 0.15) is 18.1 Å². The highest BCUT2D eigenvalue weighted by Gasteiger charge is 2.30. The maximum atomic E-state index is 12.7. The molecule has 0 saturated heterocycles. The molecular formula is C19H35N7O7S. The fraction of sp³-hybridized carbons (Fsp3) is 0.684. The van der Waals surface area contributed by atoms with Crippen molar-refractivity contribution in [2.45, 2.75) is 63.7 Å². The summed E-state index contributed by atoms with van der Waals surface area (Å²) in [7, 11) is 0. The Morgan fingerprint density at radius 2 is 1.41 bits per heavy atom. The second kappa shape index (κ2) is 15.7. The van der Waals surface area contributed by atoms with Crippen LogP contribution in [0.15, 0.2) is 4.99 Å². The largest absolute Gasteiger partial charge is 0.481 e. The summed E-state index contributed by atoms with van der Waals surface area (Å²) in [5.41, 5.74) is 16.2. The molecule has 0 spiro atoms. The van der Waals surface area contributed by atoms with Crippen molar-refractivity contribution < 1.29 is 34.2 Å². The second-order valence-electron chi connectivity index (χ2n) is 7.86. The molecule has 11 N–H and O–H groups in total. The van der Waals surface area contributed by atoms with Crippen LogP contribution in [-0.4, -0.2) is 82.3 Å². The number of thiol groups is 1. The summed E-state index contributed by atoms with van der Waals surface area (Å²) in [6.45, 7) is 3.59. The first-order valence-corrected chi connectivity index (χ1v) is 11.2. The van der Waals surface area contributed by atoms with E-state index in [2.05, 4.69) is 33.6 Å². The standard InChI is InChI=1S/C19H35N7O7S/c1-9(2)14(20)17(31)26-12(8-34)16(30)24-10(5-6-13(27)28)15(29)25-11(18(32)33)4-3-7-23-19(21)22/h9-12,14,34H,3-8,20H2,1-2H3,(H,24,30)(H,25,29)(H,26,31)(H,27,28)(H,32,33)(H4,21,22,23). The summed E-state index contributed by atoms with van der Waals surface area (Å²) >= 11 is 4.04. The number of nitrogens with one attached hydrogen (secondary N) is 3. The lowest BCUT2D eigenvalue weighted by molar-refractivity contribution is -0.143. The molecular weight excluding hydrogens is 470 g/mol. The number of carboxylic acid groups (broad SMARTS) is 2. The van der Waals surface area contributed by atoms with Crippen molar-refractivity contribution in [3.8, 4) is 0 Å². The molecule has 0 heterocycles. The van der Waals surface area contributed by atoms with Gasteiger partial charge in [-0.2, -0.15) is 12.6 Å². The Balaban J connectivity index is 5.33. The number of nitrogens with two attached hydrogens (primary N) is 3. The molecule has 0 aromatic rings. The van der Waals surface area contributed by atoms with E-state index < -0.39 is 60.2 Å². The van der Waals surface area contributed by atoms with E-state index in [1.165, 1.54) is 0 Å². The van der Waals surface area contributed by atoms with E-state index in [4.69, 9.17) is 22.3 Å². The molecule has 0 rings (SSSR count). The summed E-state index contributed by atoms with van der Waals surface area (Å²) in [5, 5.41) is 25.4. The monoisotopic (exact) mass is 505 g/mol. The topological polar surface area (TPSA) is 252 Å². The first-order chi connectivity index (χ1) is 15.8. The Labute approximate surface area is 202 Å². The molecule has 4 atom stereocenters. The van der Waals surface area contributed by atoms with Gasteiger partial charge in [-0.25, -0.2) is 4.79 Å². The van der Waals surface area contributed by atoms with E-state index in [-0.39, 0.29) is 43.4 Å². The maximum Gasteiger partial charge on any atom is 0.326 e. The van der Waals surface area contributed by atoms with Gasteiger partial charge in [-0.3, -0.25) is 24.2 Å². The molecule has 34 heavy (non-hydrogen) atoms. The molecule has 0 aliphatic rings. The molecule has 14 nitrogen and oxygen atoms in total. The third-order valence-corrected chi connectivity index (χ3v) is 5.04. The maximum absolute atomic E-state index is 12.7. The lowest BCUT2D eigenvalue weighted by Crippen LogP contribution is -2.58. The Hall–Kier alpha value is -3.07. The average molecular weight is 506 g/mol. The number of aliphatic imine (C=N–C) groups is 1. The van der Waals surface area contributed by atoms with Crippen molar-refractivity contribution in [1.82, 2.24) is 16.0 Å². The van der Waals surface area contributed by atoms with E-state index in [0.29, 0.717) is 0 Å². The Morgan fingerprint density at radius 3 is 1.88 bits per heavy atom. The highest BCUT2D eigenvalue weighted by molar-refractivity contribution is 7.80. The number of guanidine groups is 1. The number of carboxylic acids is 2. The predicted octanol–water partition coefficient (Wildman–Crippen LogP) is -2.64. The zero-order valence-corrected chi connectivity index (χ0v) is 20.1. The number of amides is 3. The normalized spacial score (nSPS) is 14.3. The highest BCUT2D eigenvalue weighted by Crippen LogP contribution is 2.05. The van der Waals surface area contributed by atoms with Crippen LogP contribution in [0.3, 0.4) is 0 Å². The van der Waals surface area contributed by atoms with Gasteiger partial charge in [0.15, 0.2) is 5.96 Å². The van der Waals surface area contributed by atoms with Crippen LogP contribution in [0.1, 0.15) is 39.5 Å². The molecule has 15 heteroatoms. The highest BCUT2D eigenvalue weighted by atomic mass is 32.1. The van der Waals surface area contributed by atoms with Crippen molar-refractivity contribution in [3.05, 3.63) is 0 Å². The van der Waals surface area contributed by atoms with Crippen molar-refractivity contribution in [3.63, 3.8) is 0 Å². The van der Waals surface area contributed by atoms with Crippen molar-refractivity contribution in [2.24, 2.45) is 28.1 Å². The van der Waals surface area contributed by atoms with Gasteiger partial charge in [0, 0.05) is 18.7 Å². The van der Waals surface area contributed by atoms with Gasteiger partial charge >= 0.3 is 11.9 Å². The molecule has 0 fully saturated rings. The molecule has 0 aliphatic carbocycles. The van der Waals surface area contributed by atoms with E-state index in [0.717, 1.165) is 0 Å². The summed E-state index contributed by atoms with van der Waals surface area (Å²) in [6.07, 6.45) is -0.562. The number of carbonyl (C=O) groups excluding carboxylic acids is 3. The van der Waals surface area contributed by atoms with Crippen LogP contribution in [-0.2, 0) is 24.0 Å². The number of aliphatic carboxylic acids is 2. The zero-order chi connectivity index (χ0) is 26.4. The molecule has 0 aromatic carbocycles. The van der Waals surface area contributed by atoms with E-state index in [1.54, 1.807) is 13.8 Å². The van der Waals surface area contributed by atoms with Gasteiger partial charge in [0.2, 0.25) is 17.7 Å². The van der Waals surface area contributed by atoms with E-state index >= 15 is 0 Å². The first kappa shape index (κ1) is 30.9. The van der Waals surface area contributed by atoms with Crippen molar-refractivity contribution >= 4 is 48.2 Å². The van der Waals surface area contributed by atoms with E-state index in [1.807, 2.05) is 0 Å². The van der Waals surface area contributed by atoms with Crippen LogP contribution in [0.25, 0.3) is 0 Å². The number of nitrogens with zero attached hydrogens (tertiary/aromatic N) is 1. The minimum absolute atomic E-state index is 0.0140. The van der Waals surface area contributed by atoms with Crippen molar-refractivity contribution in [1.29, 1.82) is 0 Å². The molecule has 0 aliphatic heterocycles. The van der Waals surface area contributed by atoms with Gasteiger partial charge in [0.05, 0.1) is 6.04 Å². The SMILES string of the molecule is CC(C)C(N)C(=O)NC(CS)C(=O)NC(CCC(=O)O)C(=O)NC(CCCN=C(N)N)C(=O)O. The van der Waals surface area contributed by atoms with Gasteiger partial charge in [-0.1, -0.05) is 13.8 Å². The van der Waals surface area contributed by atoms with Gasteiger partial charge < -0.3 is 43.4 Å². The molecule has 0 radical (unpaired) electrons. The molecule has 0 saturated carbocycles. The fourth-order valence-electron chi connectivity index (χ4n) is 2.61. The van der Waals surface area contributed by atoms with Gasteiger partial charge in [-0.15, -0.1) is 0 Å². The minimum atomic E-state index is -1.37. The minimum Gasteiger partial charge on any atom is -0.481 e. The predicted molar refractivity (Wildman–Crippen MR) is 127 cm³/mol. The van der Waals surface area contributed by atoms with Gasteiger partial charge in [-0.05, 0) is 25.2 Å². The quantitative estimate of drug-likeness (QED) is 0.0456. The number of hydrogen-bond acceptors (Lipinski definition) is 8. The van der Waals surface area contributed by atoms with Crippen LogP contribution in [0, 0.1) is 5.92 Å². The molecule has 194 valence electrons. The molecule has 0 aromatic heterocycles. The summed E-state index contributed by atoms with van der Waals surface area (Å²) in [6, 6.07) is -4.73. The zero-order valence-electron chi connectivity index (χ0n) is 19.2. The fourth-order valence-corrected chi connectivity index (χ4v) is 2.86. The van der Waals surface area contributed by atoms with Crippen LogP contribution in [0.2, 0.25) is 0 Å². The number of rotatable bonds is 16. The van der Waals surface area contributed by atoms with Crippen LogP contribution < -0.4 is 33.2 Å². The molecule has 0 bridgehead atoms. The van der Waals surface area contributed by atoms with Crippen LogP contribution in [0.5, 0.6) is 0 Å². The average Bonchev–Trinajstić information content (AvgIpc) is 2.75. The summed E-state index contributed by atoms with van der Waals surface area (Å²) in [4.78, 5) is 63.8. The Morgan fingerprint density at radius 1 is 0.882 bits per heavy atom. The van der Waals surface area contributed by atoms with Crippen LogP contribution >= 0.6 is 12.6 Å². The third-order valence-electron chi connectivity index (χ3n) is 4.68. The smallest absolute Gasteiger partial charge is 0.326 e.